The molecule has 0 heterocycles. The number of non-ortho nitro benzene ring substituents is 1. The fraction of sp³-hybridized carbons (Fsp3) is 0.273. The molecule has 0 aromatic heterocycles. The molecule has 1 aromatic rings. The van der Waals surface area contributed by atoms with Gasteiger partial charge in [-0.3, -0.25) is 19.7 Å². The van der Waals surface area contributed by atoms with Gasteiger partial charge in [0, 0.05) is 12.5 Å². The topological polar surface area (TPSA) is 136 Å². The van der Waals surface area contributed by atoms with E-state index in [0.717, 1.165) is 12.1 Å². The largest absolute Gasteiger partial charge is 0.481 e. The maximum Gasteiger partial charge on any atom is 0.303 e. The summed E-state index contributed by atoms with van der Waals surface area (Å²) in [7, 11) is 0. The number of carboxylic acids is 1. The van der Waals surface area contributed by atoms with E-state index in [9.17, 15) is 24.1 Å². The molecule has 1 atom stereocenters. The molecule has 4 N–H and O–H groups in total. The molecule has 1 rings (SSSR count). The number of nitro groups is 1. The molecule has 108 valence electrons. The first-order valence-corrected chi connectivity index (χ1v) is 5.53. The van der Waals surface area contributed by atoms with Crippen molar-refractivity contribution in [2.75, 3.05) is 5.32 Å². The average molecular weight is 285 g/mol. The Morgan fingerprint density at radius 2 is 2.15 bits per heavy atom. The molecule has 1 unspecified atom stereocenters. The number of nitrogens with two attached hydrogens (primary N) is 1. The predicted molar refractivity (Wildman–Crippen MR) is 66.5 cm³/mol. The number of benzene rings is 1. The number of hydrogen-bond donors (Lipinski definition) is 3. The Morgan fingerprint density at radius 1 is 1.50 bits per heavy atom. The lowest BCUT2D eigenvalue weighted by Crippen LogP contribution is -2.36. The summed E-state index contributed by atoms with van der Waals surface area (Å²) in [5, 5.41) is 21.0. The standard InChI is InChI=1S/C11H12FN3O5/c12-7-5-6(15(19)20)1-3-9(7)14-11(18)8(13)2-4-10(16)17/h1,3,5,8H,2,4,13H2,(H,14,18)(H,16,17). The van der Waals surface area contributed by atoms with Crippen LogP contribution >= 0.6 is 0 Å². The van der Waals surface area contributed by atoms with Gasteiger partial charge in [0.05, 0.1) is 22.7 Å². The van der Waals surface area contributed by atoms with Gasteiger partial charge < -0.3 is 16.2 Å². The number of nitrogens with zero attached hydrogens (tertiary/aromatic N) is 1. The van der Waals surface area contributed by atoms with E-state index in [0.29, 0.717) is 6.07 Å². The molecule has 1 aromatic carbocycles. The number of rotatable bonds is 6. The fourth-order valence-corrected chi connectivity index (χ4v) is 1.35. The number of nitrogens with one attached hydrogen (secondary N) is 1. The molecule has 0 saturated carbocycles. The number of carboxylic acid groups (broad SMARTS) is 1. The summed E-state index contributed by atoms with van der Waals surface area (Å²) in [5.41, 5.74) is 4.73. The highest BCUT2D eigenvalue weighted by Crippen LogP contribution is 2.20. The quantitative estimate of drug-likeness (QED) is 0.524. The Morgan fingerprint density at radius 3 is 2.65 bits per heavy atom. The molecule has 0 aliphatic heterocycles. The molecular formula is C11H12FN3O5. The van der Waals surface area contributed by atoms with Crippen molar-refractivity contribution < 1.29 is 24.0 Å². The summed E-state index contributed by atoms with van der Waals surface area (Å²) >= 11 is 0. The number of nitro benzene ring substituents is 1. The van der Waals surface area contributed by atoms with Gasteiger partial charge in [-0.05, 0) is 12.5 Å². The maximum atomic E-state index is 13.5. The first-order chi connectivity index (χ1) is 9.31. The predicted octanol–water partition coefficient (Wildman–Crippen LogP) is 0.865. The lowest BCUT2D eigenvalue weighted by atomic mass is 10.1. The van der Waals surface area contributed by atoms with Crippen LogP contribution < -0.4 is 11.1 Å². The van der Waals surface area contributed by atoms with Crippen LogP contribution in [0.5, 0.6) is 0 Å². The van der Waals surface area contributed by atoms with E-state index in [2.05, 4.69) is 5.32 Å². The normalized spacial score (nSPS) is 11.7. The van der Waals surface area contributed by atoms with E-state index in [1.54, 1.807) is 0 Å². The van der Waals surface area contributed by atoms with Gasteiger partial charge >= 0.3 is 5.97 Å². The van der Waals surface area contributed by atoms with E-state index in [1.165, 1.54) is 0 Å². The van der Waals surface area contributed by atoms with E-state index >= 15 is 0 Å². The third-order valence-electron chi connectivity index (χ3n) is 2.43. The van der Waals surface area contributed by atoms with E-state index < -0.39 is 34.3 Å². The van der Waals surface area contributed by atoms with Crippen LogP contribution in [0.2, 0.25) is 0 Å². The third-order valence-corrected chi connectivity index (χ3v) is 2.43. The highest BCUT2D eigenvalue weighted by Gasteiger charge is 2.18. The Bertz CT molecular complexity index is 549. The molecule has 0 fully saturated rings. The van der Waals surface area contributed by atoms with Gasteiger partial charge in [0.1, 0.15) is 0 Å². The molecule has 1 amide bonds. The van der Waals surface area contributed by atoms with Crippen molar-refractivity contribution in [3.05, 3.63) is 34.1 Å². The molecular weight excluding hydrogens is 273 g/mol. The summed E-state index contributed by atoms with van der Waals surface area (Å²) in [6.45, 7) is 0. The van der Waals surface area contributed by atoms with Gasteiger partial charge in [-0.15, -0.1) is 0 Å². The fourth-order valence-electron chi connectivity index (χ4n) is 1.35. The molecule has 0 aliphatic carbocycles. The monoisotopic (exact) mass is 285 g/mol. The Hall–Kier alpha value is -2.55. The Labute approximate surface area is 112 Å². The van der Waals surface area contributed by atoms with Gasteiger partial charge in [-0.25, -0.2) is 4.39 Å². The molecule has 8 nitrogen and oxygen atoms in total. The second kappa shape index (κ2) is 6.57. The Balaban J connectivity index is 2.70. The van der Waals surface area contributed by atoms with Crippen molar-refractivity contribution in [1.29, 1.82) is 0 Å². The molecule has 0 radical (unpaired) electrons. The highest BCUT2D eigenvalue weighted by molar-refractivity contribution is 5.95. The van der Waals surface area contributed by atoms with Crippen LogP contribution in [0.1, 0.15) is 12.8 Å². The zero-order valence-electron chi connectivity index (χ0n) is 10.2. The highest BCUT2D eigenvalue weighted by atomic mass is 19.1. The van der Waals surface area contributed by atoms with Gasteiger partial charge in [-0.1, -0.05) is 0 Å². The van der Waals surface area contributed by atoms with Crippen LogP contribution in [0.3, 0.4) is 0 Å². The van der Waals surface area contributed by atoms with Crippen molar-refractivity contribution in [2.45, 2.75) is 18.9 Å². The number of halogens is 1. The van der Waals surface area contributed by atoms with Crippen LogP contribution in [0.25, 0.3) is 0 Å². The zero-order chi connectivity index (χ0) is 15.3. The molecule has 0 saturated heterocycles. The van der Waals surface area contributed by atoms with Crippen molar-refractivity contribution in [3.63, 3.8) is 0 Å². The van der Waals surface area contributed by atoms with Crippen molar-refractivity contribution in [2.24, 2.45) is 5.73 Å². The van der Waals surface area contributed by atoms with Gasteiger partial charge in [0.25, 0.3) is 5.69 Å². The van der Waals surface area contributed by atoms with Crippen LogP contribution in [-0.2, 0) is 9.59 Å². The number of aliphatic carboxylic acids is 1. The second-order valence-electron chi connectivity index (χ2n) is 3.95. The Kier molecular flexibility index (Phi) is 5.09. The first-order valence-electron chi connectivity index (χ1n) is 5.53. The summed E-state index contributed by atoms with van der Waals surface area (Å²) in [6.07, 6.45) is -0.396. The van der Waals surface area contributed by atoms with Gasteiger partial charge in [0.2, 0.25) is 5.91 Å². The minimum absolute atomic E-state index is 0.101. The summed E-state index contributed by atoms with van der Waals surface area (Å²) < 4.78 is 13.5. The minimum atomic E-state index is -1.11. The maximum absolute atomic E-state index is 13.5. The lowest BCUT2D eigenvalue weighted by Gasteiger charge is -2.11. The van der Waals surface area contributed by atoms with E-state index in [4.69, 9.17) is 10.8 Å². The minimum Gasteiger partial charge on any atom is -0.481 e. The van der Waals surface area contributed by atoms with Gasteiger partial charge in [-0.2, -0.15) is 0 Å². The number of amides is 1. The average Bonchev–Trinajstić information content (AvgIpc) is 2.37. The molecule has 0 aliphatic rings. The molecule has 20 heavy (non-hydrogen) atoms. The number of carbonyl (C=O) groups is 2. The lowest BCUT2D eigenvalue weighted by molar-refractivity contribution is -0.385. The van der Waals surface area contributed by atoms with E-state index in [1.807, 2.05) is 0 Å². The molecule has 0 bridgehead atoms. The summed E-state index contributed by atoms with van der Waals surface area (Å²) in [5.74, 6) is -2.84. The second-order valence-corrected chi connectivity index (χ2v) is 3.95. The van der Waals surface area contributed by atoms with Crippen molar-refractivity contribution in [3.8, 4) is 0 Å². The van der Waals surface area contributed by atoms with Crippen molar-refractivity contribution >= 4 is 23.3 Å². The van der Waals surface area contributed by atoms with Crippen LogP contribution in [0.4, 0.5) is 15.8 Å². The smallest absolute Gasteiger partial charge is 0.303 e. The van der Waals surface area contributed by atoms with Crippen LogP contribution in [0, 0.1) is 15.9 Å². The first kappa shape index (κ1) is 15.5. The van der Waals surface area contributed by atoms with Crippen molar-refractivity contribution in [1.82, 2.24) is 0 Å². The van der Waals surface area contributed by atoms with Crippen LogP contribution in [-0.4, -0.2) is 27.9 Å². The summed E-state index contributed by atoms with van der Waals surface area (Å²) in [4.78, 5) is 31.5. The number of hydrogen-bond acceptors (Lipinski definition) is 5. The SMILES string of the molecule is NC(CCC(=O)O)C(=O)Nc1ccc([N+](=O)[O-])cc1F. The molecule has 0 spiro atoms. The zero-order valence-corrected chi connectivity index (χ0v) is 10.2. The third kappa shape index (κ3) is 4.28. The number of carbonyl (C=O) groups excluding carboxylic acids is 1. The number of anilines is 1. The summed E-state index contributed by atoms with van der Waals surface area (Å²) in [6, 6.07) is 1.62. The van der Waals surface area contributed by atoms with Crippen LogP contribution in [0.15, 0.2) is 18.2 Å². The molecule has 9 heteroatoms. The van der Waals surface area contributed by atoms with E-state index in [-0.39, 0.29) is 18.5 Å². The van der Waals surface area contributed by atoms with Gasteiger partial charge in [0.15, 0.2) is 5.82 Å².